The molecule has 3 unspecified atom stereocenters. The molecule has 0 bridgehead atoms. The molecule has 1 heterocycles. The molecule has 1 N–H and O–H groups in total. The lowest BCUT2D eigenvalue weighted by molar-refractivity contribution is 0.160. The van der Waals surface area contributed by atoms with Crippen molar-refractivity contribution >= 4 is 5.57 Å². The minimum absolute atomic E-state index is 0.191. The summed E-state index contributed by atoms with van der Waals surface area (Å²) < 4.78 is 94.7. The third kappa shape index (κ3) is 5.83. The molecule has 3 aromatic rings. The van der Waals surface area contributed by atoms with Crippen LogP contribution < -0.4 is 0 Å². The van der Waals surface area contributed by atoms with Gasteiger partial charge in [0.15, 0.2) is 34.9 Å². The molecule has 2 fully saturated rings. The summed E-state index contributed by atoms with van der Waals surface area (Å²) in [7, 11) is 0. The molecule has 8 heteroatoms. The van der Waals surface area contributed by atoms with Crippen molar-refractivity contribution in [1.29, 1.82) is 0 Å². The van der Waals surface area contributed by atoms with Crippen LogP contribution in [0.5, 0.6) is 0 Å². The Kier molecular flexibility index (Phi) is 8.93. The van der Waals surface area contributed by atoms with Crippen LogP contribution in [0, 0.1) is 46.7 Å². The van der Waals surface area contributed by atoms with Gasteiger partial charge in [-0.25, -0.2) is 26.3 Å². The first kappa shape index (κ1) is 30.9. The number of hydrogen-bond acceptors (Lipinski definition) is 2. The van der Waals surface area contributed by atoms with E-state index in [-0.39, 0.29) is 46.3 Å². The van der Waals surface area contributed by atoms with Crippen LogP contribution in [0.4, 0.5) is 26.3 Å². The van der Waals surface area contributed by atoms with Gasteiger partial charge in [0.05, 0.1) is 12.7 Å². The van der Waals surface area contributed by atoms with Gasteiger partial charge in [-0.15, -0.1) is 0 Å². The molecule has 3 aromatic carbocycles. The molecule has 0 radical (unpaired) electrons. The quantitative estimate of drug-likeness (QED) is 0.202. The summed E-state index contributed by atoms with van der Waals surface area (Å²) in [5.74, 6) is -5.89. The van der Waals surface area contributed by atoms with Gasteiger partial charge in [-0.3, -0.25) is 0 Å². The molecule has 2 aliphatic carbocycles. The van der Waals surface area contributed by atoms with E-state index in [0.29, 0.717) is 49.7 Å². The van der Waals surface area contributed by atoms with Crippen LogP contribution in [0.3, 0.4) is 0 Å². The number of rotatable bonds is 8. The average molecular weight is 615 g/mol. The molecule has 0 aromatic heterocycles. The van der Waals surface area contributed by atoms with Gasteiger partial charge in [-0.05, 0) is 80.3 Å². The van der Waals surface area contributed by atoms with Gasteiger partial charge >= 0.3 is 0 Å². The summed E-state index contributed by atoms with van der Waals surface area (Å²) in [4.78, 5) is 0. The fraction of sp³-hybridized carbons (Fsp3) is 0.444. The molecule has 3 atom stereocenters. The zero-order valence-corrected chi connectivity index (χ0v) is 24.6. The number of epoxide rings is 1. The lowest BCUT2D eigenvalue weighted by Crippen LogP contribution is -2.23. The van der Waals surface area contributed by atoms with E-state index in [2.05, 4.69) is 0 Å². The summed E-state index contributed by atoms with van der Waals surface area (Å²) in [5.41, 5.74) is 0.681. The predicted molar refractivity (Wildman–Crippen MR) is 157 cm³/mol. The normalized spacial score (nSPS) is 24.2. The van der Waals surface area contributed by atoms with Gasteiger partial charge in [0.1, 0.15) is 6.10 Å². The van der Waals surface area contributed by atoms with Gasteiger partial charge < -0.3 is 9.84 Å². The van der Waals surface area contributed by atoms with Crippen molar-refractivity contribution in [1.82, 2.24) is 0 Å². The maximum absolute atomic E-state index is 15.4. The second-order valence-electron chi connectivity index (χ2n) is 12.5. The number of ether oxygens (including phenoxy) is 1. The van der Waals surface area contributed by atoms with Crippen molar-refractivity contribution < 1.29 is 36.2 Å². The minimum atomic E-state index is -1.31. The first-order chi connectivity index (χ1) is 21.2. The molecule has 44 heavy (non-hydrogen) atoms. The minimum Gasteiger partial charge on any atom is -0.388 e. The summed E-state index contributed by atoms with van der Waals surface area (Å²) in [5, 5.41) is 10.1. The Labute approximate surface area is 253 Å². The highest BCUT2D eigenvalue weighted by Crippen LogP contribution is 2.46. The molecule has 0 spiro atoms. The molecule has 1 saturated carbocycles. The van der Waals surface area contributed by atoms with Gasteiger partial charge in [0, 0.05) is 27.8 Å². The topological polar surface area (TPSA) is 32.8 Å². The van der Waals surface area contributed by atoms with Gasteiger partial charge in [-0.2, -0.15) is 0 Å². The van der Waals surface area contributed by atoms with Crippen LogP contribution >= 0.6 is 0 Å². The Morgan fingerprint density at radius 1 is 0.705 bits per heavy atom. The number of aliphatic hydroxyl groups is 1. The fourth-order valence-corrected chi connectivity index (χ4v) is 7.26. The molecule has 6 rings (SSSR count). The predicted octanol–water partition coefficient (Wildman–Crippen LogP) is 10.3. The van der Waals surface area contributed by atoms with Crippen molar-refractivity contribution in [2.45, 2.75) is 82.8 Å². The van der Waals surface area contributed by atoms with E-state index >= 15 is 8.78 Å². The van der Waals surface area contributed by atoms with Crippen LogP contribution in [0.2, 0.25) is 0 Å². The lowest BCUT2D eigenvalue weighted by Gasteiger charge is -2.36. The Hall–Kier alpha value is -3.10. The van der Waals surface area contributed by atoms with Gasteiger partial charge in [-0.1, -0.05) is 55.8 Å². The van der Waals surface area contributed by atoms with Crippen molar-refractivity contribution in [2.24, 2.45) is 11.8 Å². The first-order valence-corrected chi connectivity index (χ1v) is 15.6. The number of allylic oxidation sites excluding steroid dienone is 2. The number of halogens is 6. The average Bonchev–Trinajstić information content (AvgIpc) is 3.87. The Morgan fingerprint density at radius 2 is 1.30 bits per heavy atom. The fourth-order valence-electron chi connectivity index (χ4n) is 7.26. The third-order valence-electron chi connectivity index (χ3n) is 9.90. The van der Waals surface area contributed by atoms with Crippen molar-refractivity contribution in [3.63, 3.8) is 0 Å². The van der Waals surface area contributed by atoms with E-state index in [1.165, 1.54) is 24.3 Å². The van der Waals surface area contributed by atoms with E-state index in [1.54, 1.807) is 19.1 Å². The van der Waals surface area contributed by atoms with E-state index in [0.717, 1.165) is 31.3 Å². The highest BCUT2D eigenvalue weighted by atomic mass is 19.2. The lowest BCUT2D eigenvalue weighted by atomic mass is 9.69. The maximum atomic E-state index is 15.4. The summed E-state index contributed by atoms with van der Waals surface area (Å²) in [6.07, 6.45) is 6.58. The van der Waals surface area contributed by atoms with Crippen LogP contribution in [0.1, 0.15) is 105 Å². The van der Waals surface area contributed by atoms with E-state index < -0.39 is 41.0 Å². The standard InChI is InChI=1S/C36H36F6O2/c1-2-3-29(43)27-16-15-26(34(40)35(27)41)25-14-12-23(31(37)33(25)39)21-8-4-19(5-9-21)20-6-10-22(11-7-20)24-13-17-28(30-18-44-30)36(42)32(24)38/h10,12-17,19-21,29-30,43H,2-9,11,18H2,1H3. The van der Waals surface area contributed by atoms with Crippen molar-refractivity contribution in [3.05, 3.63) is 99.6 Å². The van der Waals surface area contributed by atoms with Crippen LogP contribution in [0.15, 0.2) is 42.5 Å². The van der Waals surface area contributed by atoms with Crippen LogP contribution in [-0.4, -0.2) is 11.7 Å². The molecule has 2 nitrogen and oxygen atoms in total. The highest BCUT2D eigenvalue weighted by Gasteiger charge is 2.34. The zero-order valence-electron chi connectivity index (χ0n) is 24.6. The van der Waals surface area contributed by atoms with Crippen LogP contribution in [-0.2, 0) is 4.74 Å². The molecule has 0 amide bonds. The van der Waals surface area contributed by atoms with Crippen molar-refractivity contribution in [2.75, 3.05) is 6.61 Å². The largest absolute Gasteiger partial charge is 0.388 e. The SMILES string of the molecule is CCCC(O)c1ccc(-c2ccc(C3CCC(C4CC=C(c5ccc(C6CO6)c(F)c5F)CC4)CC3)c(F)c2F)c(F)c1F. The smallest absolute Gasteiger partial charge is 0.167 e. The summed E-state index contributed by atoms with van der Waals surface area (Å²) in [6, 6.07) is 8.43. The van der Waals surface area contributed by atoms with E-state index in [9.17, 15) is 22.7 Å². The molecular formula is C36H36F6O2. The zero-order chi connectivity index (χ0) is 31.1. The van der Waals surface area contributed by atoms with Gasteiger partial charge in [0.2, 0.25) is 0 Å². The number of aliphatic hydroxyl groups excluding tert-OH is 1. The second-order valence-corrected chi connectivity index (χ2v) is 12.5. The summed E-state index contributed by atoms with van der Waals surface area (Å²) >= 11 is 0. The highest BCUT2D eigenvalue weighted by molar-refractivity contribution is 5.68. The number of hydrogen-bond donors (Lipinski definition) is 1. The van der Waals surface area contributed by atoms with E-state index in [4.69, 9.17) is 4.74 Å². The Morgan fingerprint density at radius 3 is 1.93 bits per heavy atom. The van der Waals surface area contributed by atoms with Crippen LogP contribution in [0.25, 0.3) is 16.7 Å². The molecule has 234 valence electrons. The molecular weight excluding hydrogens is 578 g/mol. The number of benzene rings is 3. The molecule has 1 saturated heterocycles. The van der Waals surface area contributed by atoms with Gasteiger partial charge in [0.25, 0.3) is 0 Å². The maximum Gasteiger partial charge on any atom is 0.167 e. The summed E-state index contributed by atoms with van der Waals surface area (Å²) in [6.45, 7) is 2.22. The Balaban J connectivity index is 1.10. The van der Waals surface area contributed by atoms with Crippen molar-refractivity contribution in [3.8, 4) is 11.1 Å². The monoisotopic (exact) mass is 614 g/mol. The molecule has 1 aliphatic heterocycles. The Bertz CT molecular complexity index is 1570. The third-order valence-corrected chi connectivity index (χ3v) is 9.90. The van der Waals surface area contributed by atoms with E-state index in [1.807, 2.05) is 6.08 Å². The second kappa shape index (κ2) is 12.7. The first-order valence-electron chi connectivity index (χ1n) is 15.6. The molecule has 3 aliphatic rings.